The Morgan fingerprint density at radius 1 is 1.24 bits per heavy atom. The van der Waals surface area contributed by atoms with Crippen LogP contribution in [0.15, 0.2) is 65.9 Å². The van der Waals surface area contributed by atoms with Gasteiger partial charge in [0.2, 0.25) is 0 Å². The Kier molecular flexibility index (Phi) is 5.00. The lowest BCUT2D eigenvalue weighted by molar-refractivity contribution is 0.475. The Morgan fingerprint density at radius 3 is 2.60 bits per heavy atom. The van der Waals surface area contributed by atoms with E-state index in [4.69, 9.17) is 16.6 Å². The maximum atomic E-state index is 10.0. The highest BCUT2D eigenvalue weighted by Crippen LogP contribution is 2.40. The van der Waals surface area contributed by atoms with Gasteiger partial charge in [-0.05, 0) is 24.1 Å². The summed E-state index contributed by atoms with van der Waals surface area (Å²) in [7, 11) is 2.05. The lowest BCUT2D eigenvalue weighted by Gasteiger charge is -2.31. The maximum absolute atomic E-state index is 10.0. The van der Waals surface area contributed by atoms with Crippen LogP contribution in [0.5, 0.6) is 5.75 Å². The molecule has 0 spiro atoms. The molecule has 25 heavy (non-hydrogen) atoms. The number of aliphatic imine (C=N–C) groups is 1. The molecule has 0 fully saturated rings. The molecule has 3 rings (SSSR count). The number of anilines is 1. The van der Waals surface area contributed by atoms with Crippen molar-refractivity contribution in [2.24, 2.45) is 4.99 Å². The number of likely N-dealkylation sites (N-methyl/N-ethyl adjacent to an activating group) is 1. The van der Waals surface area contributed by atoms with Gasteiger partial charge in [-0.3, -0.25) is 0 Å². The number of benzene rings is 2. The van der Waals surface area contributed by atoms with Crippen LogP contribution < -0.4 is 4.90 Å². The number of nitrogens with zero attached hydrogens (tertiary/aromatic N) is 3. The molecular weight excluding hydrogens is 334 g/mol. The van der Waals surface area contributed by atoms with Gasteiger partial charge in [0, 0.05) is 25.3 Å². The molecule has 2 aromatic carbocycles. The molecule has 1 N–H and O–H groups in total. The molecule has 1 atom stereocenters. The SMILES string of the molecule is C=C1N=C(N(C)CCC)C(c2ccccc2)N1c1ccc(Cl)c(O)c1. The Hall–Kier alpha value is -2.46. The number of hydrogen-bond acceptors (Lipinski definition) is 4. The number of halogens is 1. The van der Waals surface area contributed by atoms with Crippen molar-refractivity contribution in [2.75, 3.05) is 18.5 Å². The second-order valence-electron chi connectivity index (χ2n) is 6.13. The van der Waals surface area contributed by atoms with E-state index in [1.54, 1.807) is 12.1 Å². The monoisotopic (exact) mass is 355 g/mol. The summed E-state index contributed by atoms with van der Waals surface area (Å²) in [5.74, 6) is 1.65. The topological polar surface area (TPSA) is 39.1 Å². The number of amidine groups is 1. The van der Waals surface area contributed by atoms with Crippen LogP contribution in [-0.4, -0.2) is 29.4 Å². The van der Waals surface area contributed by atoms with Crippen molar-refractivity contribution in [1.29, 1.82) is 0 Å². The normalized spacial score (nSPS) is 16.9. The fraction of sp³-hybridized carbons (Fsp3) is 0.250. The average molecular weight is 356 g/mol. The molecular formula is C20H22ClN3O. The van der Waals surface area contributed by atoms with Crippen molar-refractivity contribution < 1.29 is 5.11 Å². The minimum atomic E-state index is -0.0918. The quantitative estimate of drug-likeness (QED) is 0.854. The van der Waals surface area contributed by atoms with Crippen LogP contribution in [0.25, 0.3) is 0 Å². The summed E-state index contributed by atoms with van der Waals surface area (Å²) < 4.78 is 0. The van der Waals surface area contributed by atoms with E-state index in [0.29, 0.717) is 10.8 Å². The van der Waals surface area contributed by atoms with Gasteiger partial charge in [-0.1, -0.05) is 55.4 Å². The largest absolute Gasteiger partial charge is 0.506 e. The van der Waals surface area contributed by atoms with Crippen molar-refractivity contribution in [3.63, 3.8) is 0 Å². The molecule has 130 valence electrons. The summed E-state index contributed by atoms with van der Waals surface area (Å²) in [4.78, 5) is 8.93. The third-order valence-corrected chi connectivity index (χ3v) is 4.62. The van der Waals surface area contributed by atoms with E-state index in [1.165, 1.54) is 0 Å². The average Bonchev–Trinajstić information content (AvgIpc) is 2.96. The third-order valence-electron chi connectivity index (χ3n) is 4.30. The molecule has 0 saturated heterocycles. The number of rotatable bonds is 4. The molecule has 4 nitrogen and oxygen atoms in total. The van der Waals surface area contributed by atoms with Gasteiger partial charge in [0.1, 0.15) is 23.4 Å². The predicted molar refractivity (Wildman–Crippen MR) is 104 cm³/mol. The van der Waals surface area contributed by atoms with E-state index < -0.39 is 0 Å². The minimum Gasteiger partial charge on any atom is -0.506 e. The molecule has 0 radical (unpaired) electrons. The van der Waals surface area contributed by atoms with Crippen LogP contribution in [0.1, 0.15) is 24.9 Å². The molecule has 1 aliphatic heterocycles. The number of hydrogen-bond donors (Lipinski definition) is 1. The first-order valence-corrected chi connectivity index (χ1v) is 8.72. The first-order valence-electron chi connectivity index (χ1n) is 8.34. The van der Waals surface area contributed by atoms with Crippen molar-refractivity contribution in [3.8, 4) is 5.75 Å². The first-order chi connectivity index (χ1) is 12.0. The Balaban J connectivity index is 2.07. The Morgan fingerprint density at radius 2 is 1.96 bits per heavy atom. The molecule has 2 aromatic rings. The van der Waals surface area contributed by atoms with Gasteiger partial charge in [-0.25, -0.2) is 4.99 Å². The van der Waals surface area contributed by atoms with Gasteiger partial charge < -0.3 is 14.9 Å². The molecule has 1 aliphatic rings. The second-order valence-corrected chi connectivity index (χ2v) is 6.53. The van der Waals surface area contributed by atoms with Crippen LogP contribution in [0, 0.1) is 0 Å². The summed E-state index contributed by atoms with van der Waals surface area (Å²) in [6, 6.07) is 15.3. The summed E-state index contributed by atoms with van der Waals surface area (Å²) in [6.07, 6.45) is 1.03. The summed E-state index contributed by atoms with van der Waals surface area (Å²) in [5.41, 5.74) is 1.93. The lowest BCUT2D eigenvalue weighted by Crippen LogP contribution is -2.36. The predicted octanol–water partition coefficient (Wildman–Crippen LogP) is 4.82. The van der Waals surface area contributed by atoms with E-state index in [-0.39, 0.29) is 11.8 Å². The second kappa shape index (κ2) is 7.19. The zero-order valence-electron chi connectivity index (χ0n) is 14.5. The fourth-order valence-electron chi connectivity index (χ4n) is 3.14. The van der Waals surface area contributed by atoms with Gasteiger partial charge in [-0.2, -0.15) is 0 Å². The van der Waals surface area contributed by atoms with Crippen LogP contribution in [-0.2, 0) is 0 Å². The highest BCUT2D eigenvalue weighted by atomic mass is 35.5. The molecule has 0 bridgehead atoms. The number of aromatic hydroxyl groups is 1. The lowest BCUT2D eigenvalue weighted by atomic mass is 10.0. The zero-order valence-corrected chi connectivity index (χ0v) is 15.2. The van der Waals surface area contributed by atoms with E-state index in [0.717, 1.165) is 30.1 Å². The van der Waals surface area contributed by atoms with Gasteiger partial charge in [0.05, 0.1) is 5.02 Å². The molecule has 1 heterocycles. The maximum Gasteiger partial charge on any atom is 0.136 e. The Labute approximate surface area is 153 Å². The van der Waals surface area contributed by atoms with Gasteiger partial charge in [-0.15, -0.1) is 0 Å². The highest BCUT2D eigenvalue weighted by molar-refractivity contribution is 6.32. The number of phenols is 1. The summed E-state index contributed by atoms with van der Waals surface area (Å²) in [5, 5.41) is 10.4. The van der Waals surface area contributed by atoms with Crippen LogP contribution in [0.3, 0.4) is 0 Å². The number of phenolic OH excluding ortho intramolecular Hbond substituents is 1. The highest BCUT2D eigenvalue weighted by Gasteiger charge is 2.35. The fourth-order valence-corrected chi connectivity index (χ4v) is 3.26. The van der Waals surface area contributed by atoms with Crippen LogP contribution in [0.4, 0.5) is 5.69 Å². The van der Waals surface area contributed by atoms with Gasteiger partial charge in [0.25, 0.3) is 0 Å². The zero-order chi connectivity index (χ0) is 18.0. The smallest absolute Gasteiger partial charge is 0.136 e. The summed E-state index contributed by atoms with van der Waals surface area (Å²) in [6.45, 7) is 7.19. The van der Waals surface area contributed by atoms with Crippen molar-refractivity contribution in [1.82, 2.24) is 4.90 Å². The van der Waals surface area contributed by atoms with Gasteiger partial charge >= 0.3 is 0 Å². The molecule has 0 saturated carbocycles. The van der Waals surface area contributed by atoms with Crippen molar-refractivity contribution in [3.05, 3.63) is 71.5 Å². The van der Waals surface area contributed by atoms with E-state index in [9.17, 15) is 5.11 Å². The standard InChI is InChI=1S/C20H22ClN3O/c1-4-12-23(3)20-19(15-8-6-5-7-9-15)24(14(2)22-20)16-10-11-17(21)18(25)13-16/h5-11,13,19,25H,2,4,12H2,1,3H3. The van der Waals surface area contributed by atoms with Crippen LogP contribution in [0.2, 0.25) is 5.02 Å². The first kappa shape index (κ1) is 17.4. The van der Waals surface area contributed by atoms with E-state index >= 15 is 0 Å². The third kappa shape index (κ3) is 3.35. The van der Waals surface area contributed by atoms with E-state index in [2.05, 4.69) is 30.5 Å². The molecule has 0 amide bonds. The molecule has 1 unspecified atom stereocenters. The minimum absolute atomic E-state index is 0.0501. The molecule has 5 heteroatoms. The van der Waals surface area contributed by atoms with E-state index in [1.807, 2.05) is 36.2 Å². The Bertz CT molecular complexity index is 804. The molecule has 0 aromatic heterocycles. The van der Waals surface area contributed by atoms with Gasteiger partial charge in [0.15, 0.2) is 0 Å². The van der Waals surface area contributed by atoms with Crippen molar-refractivity contribution in [2.45, 2.75) is 19.4 Å². The molecule has 0 aliphatic carbocycles. The van der Waals surface area contributed by atoms with Crippen molar-refractivity contribution >= 4 is 23.1 Å². The summed E-state index contributed by atoms with van der Waals surface area (Å²) >= 11 is 5.97. The van der Waals surface area contributed by atoms with Crippen LogP contribution >= 0.6 is 11.6 Å².